The highest BCUT2D eigenvalue weighted by atomic mass is 35.5. The van der Waals surface area contributed by atoms with Crippen LogP contribution in [0.3, 0.4) is 0 Å². The predicted molar refractivity (Wildman–Crippen MR) is 125 cm³/mol. The zero-order valence-electron chi connectivity index (χ0n) is 16.7. The van der Waals surface area contributed by atoms with E-state index in [2.05, 4.69) is 15.3 Å². The lowest BCUT2D eigenvalue weighted by Crippen LogP contribution is -2.14. The standard InChI is InChI=1S/C22H14Cl3N3O4/c1-31-18-8-16-11(6-12(18)21(25)29)20(24)17(9-27-16)28-22(30)13-5-10-14(23)3-4-26-15(10)7-19(13)32-2/h3-9H,1-2H3,(H,28,30). The van der Waals surface area contributed by atoms with E-state index in [4.69, 9.17) is 44.3 Å². The Morgan fingerprint density at radius 3 is 2.19 bits per heavy atom. The second-order valence-corrected chi connectivity index (χ2v) is 7.77. The maximum atomic E-state index is 13.1. The maximum absolute atomic E-state index is 13.1. The van der Waals surface area contributed by atoms with Crippen molar-refractivity contribution in [3.05, 3.63) is 63.9 Å². The van der Waals surface area contributed by atoms with Gasteiger partial charge in [-0.05, 0) is 29.8 Å². The summed E-state index contributed by atoms with van der Waals surface area (Å²) in [6.07, 6.45) is 2.98. The number of benzene rings is 2. The van der Waals surface area contributed by atoms with Gasteiger partial charge in [0.1, 0.15) is 11.5 Å². The molecule has 4 aromatic rings. The van der Waals surface area contributed by atoms with Crippen LogP contribution in [0.1, 0.15) is 20.7 Å². The zero-order valence-corrected chi connectivity index (χ0v) is 19.0. The van der Waals surface area contributed by atoms with Crippen molar-refractivity contribution in [3.8, 4) is 11.5 Å². The van der Waals surface area contributed by atoms with E-state index in [0.29, 0.717) is 32.6 Å². The number of aromatic nitrogens is 2. The summed E-state index contributed by atoms with van der Waals surface area (Å²) in [6, 6.07) is 7.86. The minimum absolute atomic E-state index is 0.132. The number of hydrogen-bond acceptors (Lipinski definition) is 6. The number of amides is 1. The molecule has 162 valence electrons. The van der Waals surface area contributed by atoms with Crippen molar-refractivity contribution < 1.29 is 19.1 Å². The minimum atomic E-state index is -0.708. The fraction of sp³-hybridized carbons (Fsp3) is 0.0909. The SMILES string of the molecule is COc1cc2ncc(NC(=O)c3cc4c(Cl)ccnc4cc3OC)c(Cl)c2cc1C(=O)Cl. The average molecular weight is 491 g/mol. The quantitative estimate of drug-likeness (QED) is 0.359. The minimum Gasteiger partial charge on any atom is -0.496 e. The number of ether oxygens (including phenoxy) is 2. The molecule has 0 aliphatic carbocycles. The van der Waals surface area contributed by atoms with E-state index in [0.717, 1.165) is 0 Å². The summed E-state index contributed by atoms with van der Waals surface area (Å²) in [5, 5.41) is 3.67. The topological polar surface area (TPSA) is 90.4 Å². The third kappa shape index (κ3) is 3.90. The molecule has 1 amide bonds. The van der Waals surface area contributed by atoms with Crippen molar-refractivity contribution >= 4 is 73.4 Å². The molecule has 0 saturated carbocycles. The Balaban J connectivity index is 1.78. The van der Waals surface area contributed by atoms with Gasteiger partial charge in [-0.25, -0.2) is 0 Å². The Kier molecular flexibility index (Phi) is 6.06. The van der Waals surface area contributed by atoms with E-state index in [9.17, 15) is 9.59 Å². The van der Waals surface area contributed by atoms with Crippen LogP contribution in [0.2, 0.25) is 10.0 Å². The lowest BCUT2D eigenvalue weighted by molar-refractivity contribution is 0.102. The lowest BCUT2D eigenvalue weighted by Gasteiger charge is -2.13. The number of nitrogens with one attached hydrogen (secondary N) is 1. The van der Waals surface area contributed by atoms with E-state index in [-0.39, 0.29) is 27.6 Å². The van der Waals surface area contributed by atoms with Gasteiger partial charge in [0.15, 0.2) is 0 Å². The number of carbonyl (C=O) groups excluding carboxylic acids is 2. The van der Waals surface area contributed by atoms with Gasteiger partial charge in [0, 0.05) is 29.1 Å². The van der Waals surface area contributed by atoms with Crippen LogP contribution in [0.15, 0.2) is 42.7 Å². The summed E-state index contributed by atoms with van der Waals surface area (Å²) in [4.78, 5) is 33.4. The monoisotopic (exact) mass is 489 g/mol. The summed E-state index contributed by atoms with van der Waals surface area (Å²) in [7, 11) is 2.87. The number of nitrogens with zero attached hydrogens (tertiary/aromatic N) is 2. The molecule has 0 aliphatic heterocycles. The molecule has 0 saturated heterocycles. The molecule has 2 heterocycles. The Labute approximate surface area is 197 Å². The summed E-state index contributed by atoms with van der Waals surface area (Å²) in [6.45, 7) is 0. The lowest BCUT2D eigenvalue weighted by atomic mass is 10.1. The Morgan fingerprint density at radius 1 is 0.906 bits per heavy atom. The Bertz CT molecular complexity index is 1410. The van der Waals surface area contributed by atoms with Crippen LogP contribution < -0.4 is 14.8 Å². The largest absolute Gasteiger partial charge is 0.496 e. The van der Waals surface area contributed by atoms with Gasteiger partial charge in [-0.3, -0.25) is 19.6 Å². The van der Waals surface area contributed by atoms with Crippen LogP contribution in [-0.4, -0.2) is 35.3 Å². The molecule has 0 aliphatic rings. The van der Waals surface area contributed by atoms with Gasteiger partial charge in [0.05, 0.1) is 58.3 Å². The highest BCUT2D eigenvalue weighted by molar-refractivity contribution is 6.68. The summed E-state index contributed by atoms with van der Waals surface area (Å²) < 4.78 is 10.6. The van der Waals surface area contributed by atoms with Crippen LogP contribution >= 0.6 is 34.8 Å². The number of carbonyl (C=O) groups is 2. The molecule has 0 atom stereocenters. The third-order valence-electron chi connectivity index (χ3n) is 4.84. The van der Waals surface area contributed by atoms with Gasteiger partial charge in [0.25, 0.3) is 11.1 Å². The molecule has 32 heavy (non-hydrogen) atoms. The van der Waals surface area contributed by atoms with E-state index >= 15 is 0 Å². The first-order valence-corrected chi connectivity index (χ1v) is 10.3. The molecule has 0 fully saturated rings. The molecule has 2 aromatic heterocycles. The van der Waals surface area contributed by atoms with Gasteiger partial charge in [-0.15, -0.1) is 0 Å². The molecule has 0 bridgehead atoms. The third-order valence-corrected chi connectivity index (χ3v) is 5.78. The van der Waals surface area contributed by atoms with E-state index in [1.807, 2.05) is 0 Å². The molecule has 0 spiro atoms. The molecular formula is C22H14Cl3N3O4. The van der Waals surface area contributed by atoms with Gasteiger partial charge in [0.2, 0.25) is 0 Å². The van der Waals surface area contributed by atoms with Crippen molar-refractivity contribution in [1.82, 2.24) is 9.97 Å². The van der Waals surface area contributed by atoms with Crippen LogP contribution in [0.25, 0.3) is 21.8 Å². The number of rotatable bonds is 5. The predicted octanol–water partition coefficient (Wildman–Crippen LogP) is 5.74. The van der Waals surface area contributed by atoms with E-state index in [1.54, 1.807) is 30.5 Å². The first-order valence-electron chi connectivity index (χ1n) is 9.13. The molecule has 1 N–H and O–H groups in total. The molecular weight excluding hydrogens is 477 g/mol. The normalized spacial score (nSPS) is 10.9. The molecule has 2 aromatic carbocycles. The first-order chi connectivity index (χ1) is 15.3. The van der Waals surface area contributed by atoms with Crippen molar-refractivity contribution in [3.63, 3.8) is 0 Å². The maximum Gasteiger partial charge on any atom is 0.259 e. The van der Waals surface area contributed by atoms with Crippen molar-refractivity contribution in [2.45, 2.75) is 0 Å². The molecule has 0 unspecified atom stereocenters. The van der Waals surface area contributed by atoms with Crippen LogP contribution in [0.5, 0.6) is 11.5 Å². The second kappa shape index (κ2) is 8.78. The number of hydrogen-bond donors (Lipinski definition) is 1. The molecule has 0 radical (unpaired) electrons. The van der Waals surface area contributed by atoms with Crippen molar-refractivity contribution in [1.29, 1.82) is 0 Å². The van der Waals surface area contributed by atoms with Crippen molar-refractivity contribution in [2.24, 2.45) is 0 Å². The Morgan fingerprint density at radius 2 is 1.53 bits per heavy atom. The van der Waals surface area contributed by atoms with Gasteiger partial charge in [-0.2, -0.15) is 0 Å². The van der Waals surface area contributed by atoms with Crippen LogP contribution in [-0.2, 0) is 0 Å². The summed E-state index contributed by atoms with van der Waals surface area (Å²) in [5.41, 5.74) is 1.66. The smallest absolute Gasteiger partial charge is 0.259 e. The van der Waals surface area contributed by atoms with E-state index in [1.165, 1.54) is 26.5 Å². The number of fused-ring (bicyclic) bond motifs is 2. The van der Waals surface area contributed by atoms with E-state index < -0.39 is 11.1 Å². The van der Waals surface area contributed by atoms with Crippen LogP contribution in [0.4, 0.5) is 5.69 Å². The van der Waals surface area contributed by atoms with Gasteiger partial charge < -0.3 is 14.8 Å². The molecule has 10 heteroatoms. The van der Waals surface area contributed by atoms with Crippen molar-refractivity contribution in [2.75, 3.05) is 19.5 Å². The fourth-order valence-electron chi connectivity index (χ4n) is 3.27. The summed E-state index contributed by atoms with van der Waals surface area (Å²) >= 11 is 18.4. The zero-order chi connectivity index (χ0) is 23.0. The fourth-order valence-corrected chi connectivity index (χ4v) is 3.88. The van der Waals surface area contributed by atoms with Gasteiger partial charge >= 0.3 is 0 Å². The average Bonchev–Trinajstić information content (AvgIpc) is 2.79. The highest BCUT2D eigenvalue weighted by Crippen LogP contribution is 2.35. The number of methoxy groups -OCH3 is 2. The highest BCUT2D eigenvalue weighted by Gasteiger charge is 2.19. The molecule has 7 nitrogen and oxygen atoms in total. The first kappa shape index (κ1) is 22.1. The van der Waals surface area contributed by atoms with Crippen LogP contribution in [0, 0.1) is 0 Å². The molecule has 4 rings (SSSR count). The number of halogens is 3. The summed E-state index contributed by atoms with van der Waals surface area (Å²) in [5.74, 6) is 0.0903. The van der Waals surface area contributed by atoms with Gasteiger partial charge in [-0.1, -0.05) is 23.2 Å². The number of anilines is 1. The Hall–Kier alpha value is -3.13. The second-order valence-electron chi connectivity index (χ2n) is 6.65. The number of pyridine rings is 2.